The van der Waals surface area contributed by atoms with Gasteiger partial charge in [0.25, 0.3) is 0 Å². The van der Waals surface area contributed by atoms with Gasteiger partial charge in [0, 0.05) is 18.1 Å². The molecule has 118 valence electrons. The zero-order valence-corrected chi connectivity index (χ0v) is 14.4. The van der Waals surface area contributed by atoms with Crippen LogP contribution in [-0.4, -0.2) is 9.55 Å². The Labute approximate surface area is 141 Å². The Morgan fingerprint density at radius 3 is 2.70 bits per heavy atom. The lowest BCUT2D eigenvalue weighted by Crippen LogP contribution is -2.15. The quantitative estimate of drug-likeness (QED) is 0.653. The van der Waals surface area contributed by atoms with E-state index in [1.807, 2.05) is 12.1 Å². The number of rotatable bonds is 5. The van der Waals surface area contributed by atoms with Crippen molar-refractivity contribution in [3.8, 4) is 11.3 Å². The average Bonchev–Trinajstić information content (AvgIpc) is 2.97. The number of pyridine rings is 1. The molecule has 0 unspecified atom stereocenters. The summed E-state index contributed by atoms with van der Waals surface area (Å²) in [6.07, 6.45) is 5.89. The Morgan fingerprint density at radius 2 is 2.00 bits per heavy atom. The Morgan fingerprint density at radius 1 is 1.17 bits per heavy atom. The maximum Gasteiger partial charge on any atom is 0.190 e. The fourth-order valence-corrected chi connectivity index (χ4v) is 3.39. The molecule has 0 saturated carbocycles. The van der Waals surface area contributed by atoms with E-state index in [0.29, 0.717) is 0 Å². The molecule has 0 aliphatic heterocycles. The summed E-state index contributed by atoms with van der Waals surface area (Å²) in [5.41, 5.74) is 4.67. The average molecular weight is 323 g/mol. The Bertz CT molecular complexity index is 814. The topological polar surface area (TPSA) is 30.2 Å². The van der Waals surface area contributed by atoms with Gasteiger partial charge in [0.15, 0.2) is 4.80 Å². The van der Waals surface area contributed by atoms with E-state index in [-0.39, 0.29) is 0 Å². The van der Waals surface area contributed by atoms with Crippen LogP contribution in [0, 0.1) is 6.92 Å². The van der Waals surface area contributed by atoms with Gasteiger partial charge in [-0.1, -0.05) is 43.2 Å². The second-order valence-electron chi connectivity index (χ2n) is 5.60. The van der Waals surface area contributed by atoms with E-state index in [0.717, 1.165) is 23.5 Å². The molecule has 3 nitrogen and oxygen atoms in total. The summed E-state index contributed by atoms with van der Waals surface area (Å²) in [4.78, 5) is 9.96. The van der Waals surface area contributed by atoms with Crippen molar-refractivity contribution in [2.75, 3.05) is 0 Å². The highest BCUT2D eigenvalue weighted by Crippen LogP contribution is 2.21. The Hall–Kier alpha value is -2.20. The van der Waals surface area contributed by atoms with Crippen LogP contribution in [0.4, 0.5) is 5.69 Å². The van der Waals surface area contributed by atoms with Crippen molar-refractivity contribution < 1.29 is 0 Å². The fraction of sp³-hybridized carbons (Fsp3) is 0.263. The summed E-state index contributed by atoms with van der Waals surface area (Å²) in [5.74, 6) is 0. The summed E-state index contributed by atoms with van der Waals surface area (Å²) in [5, 5.41) is 2.20. The molecule has 0 bridgehead atoms. The van der Waals surface area contributed by atoms with Crippen LogP contribution in [0.15, 0.2) is 59.2 Å². The first-order chi connectivity index (χ1) is 11.3. The van der Waals surface area contributed by atoms with Gasteiger partial charge >= 0.3 is 0 Å². The molecule has 0 N–H and O–H groups in total. The molecule has 0 saturated heterocycles. The molecule has 1 aromatic carbocycles. The summed E-state index contributed by atoms with van der Waals surface area (Å²) >= 11 is 1.69. The van der Waals surface area contributed by atoms with Gasteiger partial charge in [0.05, 0.1) is 17.6 Å². The zero-order valence-electron chi connectivity index (χ0n) is 13.6. The number of unbranched alkanes of at least 4 members (excludes halogenated alkanes) is 1. The Balaban J connectivity index is 2.07. The maximum atomic E-state index is 4.78. The van der Waals surface area contributed by atoms with Crippen LogP contribution in [0.5, 0.6) is 0 Å². The predicted molar refractivity (Wildman–Crippen MR) is 96.9 cm³/mol. The minimum atomic E-state index is 0.898. The van der Waals surface area contributed by atoms with Gasteiger partial charge in [-0.2, -0.15) is 0 Å². The molecular weight excluding hydrogens is 302 g/mol. The number of hydrogen-bond donors (Lipinski definition) is 0. The molecule has 2 heterocycles. The van der Waals surface area contributed by atoms with Crippen LogP contribution < -0.4 is 4.80 Å². The summed E-state index contributed by atoms with van der Waals surface area (Å²) in [6, 6.07) is 12.6. The van der Waals surface area contributed by atoms with Gasteiger partial charge in [0.2, 0.25) is 0 Å². The third kappa shape index (κ3) is 3.77. The first kappa shape index (κ1) is 15.7. The van der Waals surface area contributed by atoms with E-state index in [9.17, 15) is 0 Å². The molecule has 3 rings (SSSR count). The molecule has 23 heavy (non-hydrogen) atoms. The lowest BCUT2D eigenvalue weighted by atomic mass is 10.1. The van der Waals surface area contributed by atoms with Crippen LogP contribution in [0.3, 0.4) is 0 Å². The lowest BCUT2D eigenvalue weighted by Gasteiger charge is -2.09. The number of nitrogens with zero attached hydrogens (tertiary/aromatic N) is 3. The number of benzene rings is 1. The van der Waals surface area contributed by atoms with Crippen LogP contribution >= 0.6 is 11.3 Å². The van der Waals surface area contributed by atoms with Gasteiger partial charge < -0.3 is 4.57 Å². The van der Waals surface area contributed by atoms with Crippen LogP contribution in [0.25, 0.3) is 11.3 Å². The third-order valence-corrected chi connectivity index (χ3v) is 4.61. The van der Waals surface area contributed by atoms with E-state index in [4.69, 9.17) is 4.99 Å². The smallest absolute Gasteiger partial charge is 0.190 e. The van der Waals surface area contributed by atoms with E-state index in [1.54, 1.807) is 23.7 Å². The van der Waals surface area contributed by atoms with Crippen molar-refractivity contribution in [2.45, 2.75) is 33.2 Å². The standard InChI is InChI=1S/C19H21N3S/c1-3-4-12-22-18(16-9-7-15(2)8-10-16)14-23-19(22)21-17-6-5-11-20-13-17/h5-11,13-14H,3-4,12H2,1-2H3. The summed E-state index contributed by atoms with van der Waals surface area (Å²) < 4.78 is 2.33. The fourth-order valence-electron chi connectivity index (χ4n) is 2.44. The van der Waals surface area contributed by atoms with Gasteiger partial charge in [-0.25, -0.2) is 4.99 Å². The lowest BCUT2D eigenvalue weighted by molar-refractivity contribution is 0.623. The highest BCUT2D eigenvalue weighted by molar-refractivity contribution is 7.07. The largest absolute Gasteiger partial charge is 0.316 e. The predicted octanol–water partition coefficient (Wildman–Crippen LogP) is 4.95. The number of hydrogen-bond acceptors (Lipinski definition) is 3. The van der Waals surface area contributed by atoms with Gasteiger partial charge in [-0.15, -0.1) is 11.3 Å². The first-order valence-corrected chi connectivity index (χ1v) is 8.86. The van der Waals surface area contributed by atoms with Gasteiger partial charge in [0.1, 0.15) is 0 Å². The highest BCUT2D eigenvalue weighted by atomic mass is 32.1. The van der Waals surface area contributed by atoms with Crippen molar-refractivity contribution in [3.05, 3.63) is 64.5 Å². The minimum absolute atomic E-state index is 0.898. The highest BCUT2D eigenvalue weighted by Gasteiger charge is 2.07. The van der Waals surface area contributed by atoms with Crippen molar-refractivity contribution in [1.82, 2.24) is 9.55 Å². The summed E-state index contributed by atoms with van der Waals surface area (Å²) in [6.45, 7) is 5.32. The maximum absolute atomic E-state index is 4.78. The molecule has 2 aromatic heterocycles. The van der Waals surface area contributed by atoms with E-state index in [2.05, 4.69) is 53.0 Å². The van der Waals surface area contributed by atoms with E-state index < -0.39 is 0 Å². The molecule has 4 heteroatoms. The molecule has 0 fully saturated rings. The Kier molecular flexibility index (Phi) is 5.03. The number of aromatic nitrogens is 2. The second-order valence-corrected chi connectivity index (χ2v) is 6.43. The van der Waals surface area contributed by atoms with Crippen LogP contribution in [-0.2, 0) is 6.54 Å². The minimum Gasteiger partial charge on any atom is -0.316 e. The van der Waals surface area contributed by atoms with Crippen LogP contribution in [0.1, 0.15) is 25.3 Å². The van der Waals surface area contributed by atoms with Crippen molar-refractivity contribution in [3.63, 3.8) is 0 Å². The van der Waals surface area contributed by atoms with Crippen molar-refractivity contribution >= 4 is 17.0 Å². The van der Waals surface area contributed by atoms with E-state index >= 15 is 0 Å². The monoisotopic (exact) mass is 323 g/mol. The van der Waals surface area contributed by atoms with Gasteiger partial charge in [-0.05, 0) is 31.0 Å². The molecular formula is C19H21N3S. The van der Waals surface area contributed by atoms with Crippen LogP contribution in [0.2, 0.25) is 0 Å². The molecule has 0 aliphatic carbocycles. The summed E-state index contributed by atoms with van der Waals surface area (Å²) in [7, 11) is 0. The molecule has 0 amide bonds. The number of thiazole rings is 1. The number of aryl methyl sites for hydroxylation is 1. The second kappa shape index (κ2) is 7.38. The normalized spacial score (nSPS) is 11.8. The van der Waals surface area contributed by atoms with E-state index in [1.165, 1.54) is 23.2 Å². The molecule has 3 aromatic rings. The SMILES string of the molecule is CCCCn1c(-c2ccc(C)cc2)csc1=Nc1cccnc1. The molecule has 0 atom stereocenters. The zero-order chi connectivity index (χ0) is 16.1. The molecule has 0 aliphatic rings. The molecule has 0 radical (unpaired) electrons. The molecule has 0 spiro atoms. The van der Waals surface area contributed by atoms with Gasteiger partial charge in [-0.3, -0.25) is 4.98 Å². The first-order valence-electron chi connectivity index (χ1n) is 7.98. The van der Waals surface area contributed by atoms with Crippen molar-refractivity contribution in [1.29, 1.82) is 0 Å². The van der Waals surface area contributed by atoms with Crippen molar-refractivity contribution in [2.24, 2.45) is 4.99 Å². The third-order valence-electron chi connectivity index (χ3n) is 3.75.